The standard InChI is InChI=1S/C13H18BN3O2/c1-12(2)13(3,4)19-14(18-12)9-5-6-17-8-10(15)16-11(17)7-9/h5-8H,15H2,1-4H3. The fourth-order valence-electron chi connectivity index (χ4n) is 2.14. The molecule has 2 N–H and O–H groups in total. The number of pyridine rings is 1. The third-order valence-electron chi connectivity index (χ3n) is 4.03. The second-order valence-corrected chi connectivity index (χ2v) is 5.98. The summed E-state index contributed by atoms with van der Waals surface area (Å²) in [4.78, 5) is 4.25. The smallest absolute Gasteiger partial charge is 0.399 e. The SMILES string of the molecule is CC1(C)OB(c2ccn3cc(N)nc3c2)OC1(C)C. The van der Waals surface area contributed by atoms with Crippen molar-refractivity contribution in [1.82, 2.24) is 9.38 Å². The Balaban J connectivity index is 1.97. The van der Waals surface area contributed by atoms with Crippen LogP contribution in [0.3, 0.4) is 0 Å². The maximum absolute atomic E-state index is 6.02. The van der Waals surface area contributed by atoms with Crippen molar-refractivity contribution < 1.29 is 9.31 Å². The lowest BCUT2D eigenvalue weighted by Crippen LogP contribution is -2.41. The van der Waals surface area contributed by atoms with Crippen LogP contribution >= 0.6 is 0 Å². The van der Waals surface area contributed by atoms with Gasteiger partial charge in [0, 0.05) is 6.20 Å². The highest BCUT2D eigenvalue weighted by atomic mass is 16.7. The van der Waals surface area contributed by atoms with Crippen LogP contribution < -0.4 is 11.2 Å². The second-order valence-electron chi connectivity index (χ2n) is 5.98. The first kappa shape index (κ1) is 12.5. The minimum absolute atomic E-state index is 0.335. The van der Waals surface area contributed by atoms with Crippen molar-refractivity contribution in [2.75, 3.05) is 5.73 Å². The topological polar surface area (TPSA) is 61.8 Å². The number of hydrogen-bond acceptors (Lipinski definition) is 4. The second kappa shape index (κ2) is 3.74. The molecular weight excluding hydrogens is 241 g/mol. The molecule has 5 nitrogen and oxygen atoms in total. The molecule has 3 heterocycles. The third-order valence-corrected chi connectivity index (χ3v) is 4.03. The van der Waals surface area contributed by atoms with Crippen LogP contribution in [-0.2, 0) is 9.31 Å². The molecule has 0 aliphatic carbocycles. The monoisotopic (exact) mass is 259 g/mol. The molecule has 0 saturated carbocycles. The lowest BCUT2D eigenvalue weighted by molar-refractivity contribution is 0.00578. The molecule has 0 amide bonds. The highest BCUT2D eigenvalue weighted by molar-refractivity contribution is 6.62. The van der Waals surface area contributed by atoms with Gasteiger partial charge in [-0.25, -0.2) is 4.98 Å². The van der Waals surface area contributed by atoms with Gasteiger partial charge in [-0.1, -0.05) is 0 Å². The fraction of sp³-hybridized carbons (Fsp3) is 0.462. The number of nitrogens with zero attached hydrogens (tertiary/aromatic N) is 2. The molecule has 0 aromatic carbocycles. The first-order valence-corrected chi connectivity index (χ1v) is 6.38. The van der Waals surface area contributed by atoms with Gasteiger partial charge in [-0.2, -0.15) is 0 Å². The summed E-state index contributed by atoms with van der Waals surface area (Å²) >= 11 is 0. The van der Waals surface area contributed by atoms with Crippen LogP contribution in [0.2, 0.25) is 0 Å². The molecule has 1 aliphatic rings. The Morgan fingerprint density at radius 1 is 1.21 bits per heavy atom. The van der Waals surface area contributed by atoms with Crippen LogP contribution in [0, 0.1) is 0 Å². The Bertz CT molecular complexity index is 620. The molecule has 0 radical (unpaired) electrons. The summed E-state index contributed by atoms with van der Waals surface area (Å²) in [7, 11) is -0.368. The minimum atomic E-state index is -0.368. The molecule has 2 aromatic heterocycles. The van der Waals surface area contributed by atoms with Crippen LogP contribution in [0.25, 0.3) is 5.65 Å². The number of anilines is 1. The van der Waals surface area contributed by atoms with Gasteiger partial charge in [0.25, 0.3) is 0 Å². The summed E-state index contributed by atoms with van der Waals surface area (Å²) < 4.78 is 13.9. The van der Waals surface area contributed by atoms with Crippen LogP contribution in [0.5, 0.6) is 0 Å². The average Bonchev–Trinajstić information content (AvgIpc) is 2.74. The van der Waals surface area contributed by atoms with Crippen molar-refractivity contribution in [3.05, 3.63) is 24.5 Å². The quantitative estimate of drug-likeness (QED) is 0.782. The molecule has 1 fully saturated rings. The zero-order valence-electron chi connectivity index (χ0n) is 11.7. The van der Waals surface area contributed by atoms with Crippen LogP contribution in [-0.4, -0.2) is 27.7 Å². The number of fused-ring (bicyclic) bond motifs is 1. The van der Waals surface area contributed by atoms with Crippen LogP contribution in [0.4, 0.5) is 5.82 Å². The normalized spacial score (nSPS) is 21.2. The van der Waals surface area contributed by atoms with E-state index < -0.39 is 0 Å². The molecule has 3 rings (SSSR count). The van der Waals surface area contributed by atoms with E-state index in [0.29, 0.717) is 5.82 Å². The van der Waals surface area contributed by atoms with Gasteiger partial charge in [-0.05, 0) is 45.3 Å². The van der Waals surface area contributed by atoms with E-state index in [1.54, 1.807) is 6.20 Å². The maximum atomic E-state index is 6.02. The van der Waals surface area contributed by atoms with E-state index in [2.05, 4.69) is 4.98 Å². The van der Waals surface area contributed by atoms with E-state index in [9.17, 15) is 0 Å². The Morgan fingerprint density at radius 2 is 1.84 bits per heavy atom. The number of imidazole rings is 1. The summed E-state index contributed by atoms with van der Waals surface area (Å²) in [6, 6.07) is 3.91. The van der Waals surface area contributed by atoms with Gasteiger partial charge in [0.1, 0.15) is 11.5 Å². The van der Waals surface area contributed by atoms with Gasteiger partial charge < -0.3 is 19.4 Å². The Kier molecular flexibility index (Phi) is 2.46. The number of nitrogen functional groups attached to an aromatic ring is 1. The lowest BCUT2D eigenvalue weighted by atomic mass is 9.80. The molecule has 1 aliphatic heterocycles. The summed E-state index contributed by atoms with van der Waals surface area (Å²) in [5.41, 5.74) is 6.77. The molecule has 0 atom stereocenters. The first-order valence-electron chi connectivity index (χ1n) is 6.38. The van der Waals surface area contributed by atoms with Gasteiger partial charge in [-0.3, -0.25) is 0 Å². The van der Waals surface area contributed by atoms with Gasteiger partial charge in [0.2, 0.25) is 0 Å². The summed E-state index contributed by atoms with van der Waals surface area (Å²) in [5, 5.41) is 0. The number of hydrogen-bond donors (Lipinski definition) is 1. The average molecular weight is 259 g/mol. The van der Waals surface area contributed by atoms with Crippen molar-refractivity contribution in [2.45, 2.75) is 38.9 Å². The van der Waals surface area contributed by atoms with Crippen molar-refractivity contribution in [2.24, 2.45) is 0 Å². The summed E-state index contributed by atoms with van der Waals surface area (Å²) in [6.07, 6.45) is 3.70. The van der Waals surface area contributed by atoms with Crippen molar-refractivity contribution in [1.29, 1.82) is 0 Å². The van der Waals surface area contributed by atoms with Crippen molar-refractivity contribution >= 4 is 24.0 Å². The van der Waals surface area contributed by atoms with Crippen molar-refractivity contribution in [3.63, 3.8) is 0 Å². The number of nitrogens with two attached hydrogens (primary N) is 1. The molecule has 0 spiro atoms. The zero-order valence-corrected chi connectivity index (χ0v) is 11.7. The third kappa shape index (κ3) is 1.91. The van der Waals surface area contributed by atoms with E-state index in [0.717, 1.165) is 11.1 Å². The Morgan fingerprint density at radius 3 is 2.47 bits per heavy atom. The lowest BCUT2D eigenvalue weighted by Gasteiger charge is -2.32. The van der Waals surface area contributed by atoms with E-state index in [4.69, 9.17) is 15.0 Å². The first-order chi connectivity index (χ1) is 8.78. The predicted octanol–water partition coefficient (Wildman–Crippen LogP) is 1.22. The highest BCUT2D eigenvalue weighted by Crippen LogP contribution is 2.36. The highest BCUT2D eigenvalue weighted by Gasteiger charge is 2.51. The van der Waals surface area contributed by atoms with E-state index >= 15 is 0 Å². The molecule has 0 unspecified atom stereocenters. The number of aromatic nitrogens is 2. The molecule has 2 aromatic rings. The summed E-state index contributed by atoms with van der Waals surface area (Å²) in [6.45, 7) is 8.16. The Hall–Kier alpha value is -1.53. The van der Waals surface area contributed by atoms with Crippen LogP contribution in [0.1, 0.15) is 27.7 Å². The number of rotatable bonds is 1. The van der Waals surface area contributed by atoms with E-state index in [1.807, 2.05) is 50.4 Å². The van der Waals surface area contributed by atoms with E-state index in [1.165, 1.54) is 0 Å². The van der Waals surface area contributed by atoms with Gasteiger partial charge in [-0.15, -0.1) is 0 Å². The Labute approximate surface area is 112 Å². The zero-order chi connectivity index (χ0) is 13.8. The van der Waals surface area contributed by atoms with Gasteiger partial charge in [0.15, 0.2) is 0 Å². The van der Waals surface area contributed by atoms with Gasteiger partial charge in [0.05, 0.1) is 17.4 Å². The molecule has 19 heavy (non-hydrogen) atoms. The van der Waals surface area contributed by atoms with E-state index in [-0.39, 0.29) is 18.3 Å². The molecule has 0 bridgehead atoms. The predicted molar refractivity (Wildman–Crippen MR) is 75.3 cm³/mol. The van der Waals surface area contributed by atoms with Crippen molar-refractivity contribution in [3.8, 4) is 0 Å². The molecule has 1 saturated heterocycles. The molecular formula is C13H18BN3O2. The maximum Gasteiger partial charge on any atom is 0.495 e. The largest absolute Gasteiger partial charge is 0.495 e. The minimum Gasteiger partial charge on any atom is -0.399 e. The fourth-order valence-corrected chi connectivity index (χ4v) is 2.14. The molecule has 6 heteroatoms. The summed E-state index contributed by atoms with van der Waals surface area (Å²) in [5.74, 6) is 0.506. The van der Waals surface area contributed by atoms with Crippen LogP contribution in [0.15, 0.2) is 24.5 Å². The molecule has 100 valence electrons. The van der Waals surface area contributed by atoms with Gasteiger partial charge >= 0.3 is 7.12 Å².